The van der Waals surface area contributed by atoms with Gasteiger partial charge in [0.1, 0.15) is 5.69 Å². The quantitative estimate of drug-likeness (QED) is 0.783. The van der Waals surface area contributed by atoms with Crippen molar-refractivity contribution >= 4 is 35.3 Å². The Balaban J connectivity index is 1.65. The van der Waals surface area contributed by atoms with Gasteiger partial charge >= 0.3 is 0 Å². The standard InChI is InChI=1S/C19H21N5O3/c1-14(26)21-15-2-4-16(5-3-15)22-19(27)18-12-17(6-7-20-18)24-10-8-23(13-25)9-11-24/h2-7,12-13H,8-11H2,1H3,(H,21,26)(H,22,27). The van der Waals surface area contributed by atoms with Crippen LogP contribution in [0.15, 0.2) is 42.6 Å². The molecule has 0 spiro atoms. The third kappa shape index (κ3) is 4.81. The minimum absolute atomic E-state index is 0.151. The third-order valence-corrected chi connectivity index (χ3v) is 4.27. The summed E-state index contributed by atoms with van der Waals surface area (Å²) >= 11 is 0. The molecule has 1 aromatic heterocycles. The van der Waals surface area contributed by atoms with Gasteiger partial charge in [-0.1, -0.05) is 0 Å². The van der Waals surface area contributed by atoms with Gasteiger partial charge in [0.2, 0.25) is 12.3 Å². The molecule has 8 heteroatoms. The van der Waals surface area contributed by atoms with Crippen molar-refractivity contribution in [2.45, 2.75) is 6.92 Å². The SMILES string of the molecule is CC(=O)Nc1ccc(NC(=O)c2cc(N3CCN(C=O)CC3)ccn2)cc1. The van der Waals surface area contributed by atoms with E-state index in [1.165, 1.54) is 6.92 Å². The van der Waals surface area contributed by atoms with Crippen molar-refractivity contribution in [3.8, 4) is 0 Å². The van der Waals surface area contributed by atoms with Gasteiger partial charge in [0.15, 0.2) is 0 Å². The van der Waals surface area contributed by atoms with E-state index in [1.54, 1.807) is 41.4 Å². The maximum Gasteiger partial charge on any atom is 0.274 e. The zero-order chi connectivity index (χ0) is 19.2. The number of piperazine rings is 1. The average molecular weight is 367 g/mol. The highest BCUT2D eigenvalue weighted by Gasteiger charge is 2.17. The number of nitrogens with one attached hydrogen (secondary N) is 2. The van der Waals surface area contributed by atoms with E-state index in [9.17, 15) is 14.4 Å². The molecule has 8 nitrogen and oxygen atoms in total. The van der Waals surface area contributed by atoms with Crippen molar-refractivity contribution in [1.82, 2.24) is 9.88 Å². The fourth-order valence-corrected chi connectivity index (χ4v) is 2.86. The van der Waals surface area contributed by atoms with Gasteiger partial charge in [0, 0.05) is 56.4 Å². The summed E-state index contributed by atoms with van der Waals surface area (Å²) in [5.74, 6) is -0.461. The van der Waals surface area contributed by atoms with E-state index >= 15 is 0 Å². The van der Waals surface area contributed by atoms with Crippen LogP contribution in [-0.4, -0.2) is 54.3 Å². The van der Waals surface area contributed by atoms with E-state index in [0.717, 1.165) is 12.1 Å². The maximum absolute atomic E-state index is 12.5. The van der Waals surface area contributed by atoms with Gasteiger partial charge in [0.05, 0.1) is 0 Å². The molecule has 1 saturated heterocycles. The van der Waals surface area contributed by atoms with Crippen molar-refractivity contribution in [3.63, 3.8) is 0 Å². The lowest BCUT2D eigenvalue weighted by atomic mass is 10.2. The Hall–Kier alpha value is -3.42. The molecule has 3 amide bonds. The van der Waals surface area contributed by atoms with E-state index in [-0.39, 0.29) is 11.8 Å². The molecule has 2 N–H and O–H groups in total. The van der Waals surface area contributed by atoms with Crippen molar-refractivity contribution in [2.24, 2.45) is 0 Å². The molecule has 1 aliphatic heterocycles. The molecule has 2 heterocycles. The summed E-state index contributed by atoms with van der Waals surface area (Å²) in [5.41, 5.74) is 2.49. The monoisotopic (exact) mass is 367 g/mol. The highest BCUT2D eigenvalue weighted by molar-refractivity contribution is 6.03. The molecule has 0 atom stereocenters. The first-order valence-corrected chi connectivity index (χ1v) is 8.64. The lowest BCUT2D eigenvalue weighted by Crippen LogP contribution is -2.45. The molecule has 140 valence electrons. The lowest BCUT2D eigenvalue weighted by Gasteiger charge is -2.34. The molecule has 1 aliphatic rings. The van der Waals surface area contributed by atoms with E-state index in [1.807, 2.05) is 6.07 Å². The highest BCUT2D eigenvalue weighted by Crippen LogP contribution is 2.18. The first kappa shape index (κ1) is 18.4. The molecule has 0 unspecified atom stereocenters. The zero-order valence-corrected chi connectivity index (χ0v) is 15.0. The Morgan fingerprint density at radius 2 is 1.63 bits per heavy atom. The number of aromatic nitrogens is 1. The highest BCUT2D eigenvalue weighted by atomic mass is 16.2. The normalized spacial score (nSPS) is 13.8. The molecule has 0 aliphatic carbocycles. The number of hydrogen-bond acceptors (Lipinski definition) is 5. The van der Waals surface area contributed by atoms with Gasteiger partial charge in [0.25, 0.3) is 5.91 Å². The minimum atomic E-state index is -0.310. The number of pyridine rings is 1. The van der Waals surface area contributed by atoms with Crippen LogP contribution < -0.4 is 15.5 Å². The van der Waals surface area contributed by atoms with Gasteiger partial charge < -0.3 is 20.4 Å². The summed E-state index contributed by atoms with van der Waals surface area (Å²) in [6, 6.07) is 10.5. The molecular weight excluding hydrogens is 346 g/mol. The first-order chi connectivity index (χ1) is 13.0. The molecule has 1 fully saturated rings. The fourth-order valence-electron chi connectivity index (χ4n) is 2.86. The van der Waals surface area contributed by atoms with Crippen LogP contribution in [-0.2, 0) is 9.59 Å². The molecule has 27 heavy (non-hydrogen) atoms. The number of carbonyl (C=O) groups is 3. The Kier molecular flexibility index (Phi) is 5.65. The van der Waals surface area contributed by atoms with E-state index in [2.05, 4.69) is 20.5 Å². The summed E-state index contributed by atoms with van der Waals surface area (Å²) in [6.45, 7) is 4.19. The lowest BCUT2D eigenvalue weighted by molar-refractivity contribution is -0.118. The number of rotatable bonds is 5. The van der Waals surface area contributed by atoms with Gasteiger partial charge in [-0.3, -0.25) is 19.4 Å². The van der Waals surface area contributed by atoms with Crippen molar-refractivity contribution in [1.29, 1.82) is 0 Å². The Bertz CT molecular complexity index is 829. The number of hydrogen-bond donors (Lipinski definition) is 2. The Labute approximate surface area is 157 Å². The molecule has 2 aromatic rings. The van der Waals surface area contributed by atoms with Crippen LogP contribution >= 0.6 is 0 Å². The topological polar surface area (TPSA) is 94.6 Å². The van der Waals surface area contributed by atoms with Gasteiger partial charge in [-0.15, -0.1) is 0 Å². The summed E-state index contributed by atoms with van der Waals surface area (Å²) in [7, 11) is 0. The summed E-state index contributed by atoms with van der Waals surface area (Å²) < 4.78 is 0. The second-order valence-electron chi connectivity index (χ2n) is 6.24. The second-order valence-corrected chi connectivity index (χ2v) is 6.24. The summed E-state index contributed by atoms with van der Waals surface area (Å²) in [4.78, 5) is 42.4. The number of anilines is 3. The van der Waals surface area contributed by atoms with Crippen LogP contribution in [0.1, 0.15) is 17.4 Å². The molecule has 0 radical (unpaired) electrons. The second kappa shape index (κ2) is 8.31. The largest absolute Gasteiger partial charge is 0.368 e. The molecule has 1 aromatic carbocycles. The first-order valence-electron chi connectivity index (χ1n) is 8.64. The summed E-state index contributed by atoms with van der Waals surface area (Å²) in [5, 5.41) is 5.47. The molecule has 3 rings (SSSR count). The van der Waals surface area contributed by atoms with Crippen LogP contribution in [0.4, 0.5) is 17.1 Å². The van der Waals surface area contributed by atoms with E-state index < -0.39 is 0 Å². The van der Waals surface area contributed by atoms with Crippen LogP contribution in [0.2, 0.25) is 0 Å². The van der Waals surface area contributed by atoms with Gasteiger partial charge in [-0.2, -0.15) is 0 Å². The number of amides is 3. The summed E-state index contributed by atoms with van der Waals surface area (Å²) in [6.07, 6.45) is 2.47. The van der Waals surface area contributed by atoms with Crippen LogP contribution in [0, 0.1) is 0 Å². The minimum Gasteiger partial charge on any atom is -0.368 e. The fraction of sp³-hybridized carbons (Fsp3) is 0.263. The smallest absolute Gasteiger partial charge is 0.274 e. The molecular formula is C19H21N5O3. The van der Waals surface area contributed by atoms with Gasteiger partial charge in [-0.25, -0.2) is 0 Å². The van der Waals surface area contributed by atoms with Crippen molar-refractivity contribution < 1.29 is 14.4 Å². The number of benzene rings is 1. The van der Waals surface area contributed by atoms with Crippen LogP contribution in [0.3, 0.4) is 0 Å². The molecule has 0 saturated carbocycles. The number of nitrogens with zero attached hydrogens (tertiary/aromatic N) is 3. The number of carbonyl (C=O) groups excluding carboxylic acids is 3. The predicted molar refractivity (Wildman–Crippen MR) is 103 cm³/mol. The van der Waals surface area contributed by atoms with Gasteiger partial charge in [-0.05, 0) is 36.4 Å². The van der Waals surface area contributed by atoms with Crippen molar-refractivity contribution in [3.05, 3.63) is 48.3 Å². The zero-order valence-electron chi connectivity index (χ0n) is 15.0. The average Bonchev–Trinajstić information content (AvgIpc) is 2.69. The van der Waals surface area contributed by atoms with Crippen LogP contribution in [0.5, 0.6) is 0 Å². The van der Waals surface area contributed by atoms with E-state index in [4.69, 9.17) is 0 Å². The Morgan fingerprint density at radius 3 is 2.22 bits per heavy atom. The van der Waals surface area contributed by atoms with E-state index in [0.29, 0.717) is 43.2 Å². The predicted octanol–water partition coefficient (Wildman–Crippen LogP) is 1.57. The van der Waals surface area contributed by atoms with Crippen molar-refractivity contribution in [2.75, 3.05) is 41.7 Å². The Morgan fingerprint density at radius 1 is 1.00 bits per heavy atom. The third-order valence-electron chi connectivity index (χ3n) is 4.27. The maximum atomic E-state index is 12.5. The van der Waals surface area contributed by atoms with Crippen LogP contribution in [0.25, 0.3) is 0 Å². The molecule has 0 bridgehead atoms.